The van der Waals surface area contributed by atoms with Crippen LogP contribution >= 0.6 is 0 Å². The van der Waals surface area contributed by atoms with E-state index in [4.69, 9.17) is 9.84 Å². The topological polar surface area (TPSA) is 93.5 Å². The Hall–Kier alpha value is -3.71. The molecule has 1 amide bonds. The molecule has 8 atom stereocenters. The molecule has 248 valence electrons. The van der Waals surface area contributed by atoms with Gasteiger partial charge < -0.3 is 9.84 Å². The smallest absolute Gasteiger partial charge is 0.411 e. The van der Waals surface area contributed by atoms with Gasteiger partial charge in [-0.3, -0.25) is 10.1 Å². The number of aliphatic hydroxyl groups excluding tert-OH is 1. The largest absolute Gasteiger partial charge is 0.444 e. The van der Waals surface area contributed by atoms with E-state index in [0.29, 0.717) is 42.1 Å². The number of amides is 1. The highest BCUT2D eigenvalue weighted by Crippen LogP contribution is 2.71. The number of nitrogens with one attached hydrogen (secondary N) is 1. The van der Waals surface area contributed by atoms with Crippen molar-refractivity contribution in [2.24, 2.45) is 39.9 Å². The molecule has 4 aliphatic rings. The zero-order chi connectivity index (χ0) is 33.3. The molecule has 7 rings (SSSR count). The standard InChI is InChI=1S/C40H49N3O4/c1-7-35(45)40(6)25(3)18-32-31-17-12-28-19-33-27(20-38(28,4)36(31)34(44)21-39(32,40)5)22-43(42-33)30-15-13-29(14-16-30)41-37(46)47-23-26-10-8-24(2)9-11-26/h8-11,13-16,19,22,25,31-32,34,36,44H,7,12,17-18,20-21,23H2,1-6H3,(H,41,46)/t25-,31+,32+,34+,36-,38+,39+,40-/m1/s1. The zero-order valence-electron chi connectivity index (χ0n) is 28.7. The zero-order valence-corrected chi connectivity index (χ0v) is 28.7. The molecule has 7 nitrogen and oxygen atoms in total. The lowest BCUT2D eigenvalue weighted by molar-refractivity contribution is -0.158. The Balaban J connectivity index is 1.07. The molecule has 0 spiro atoms. The number of aryl methyl sites for hydroxylation is 1. The highest BCUT2D eigenvalue weighted by atomic mass is 16.5. The number of ketones is 1. The predicted molar refractivity (Wildman–Crippen MR) is 184 cm³/mol. The SMILES string of the molecule is CCC(=O)[C@@]1(C)[C@H](C)C[C@H]2[C@@H]3CCC4=Cc5nn(-c6ccc(NC(=O)OCc7ccc(C)cc7)cc6)cc5C[C@]4(C)[C@H]3[C@@H](O)C[C@@]21C. The van der Waals surface area contributed by atoms with Crippen LogP contribution < -0.4 is 5.32 Å². The Morgan fingerprint density at radius 3 is 2.51 bits per heavy atom. The average molecular weight is 636 g/mol. The number of hydrogen-bond acceptors (Lipinski definition) is 5. The van der Waals surface area contributed by atoms with E-state index in [1.807, 2.05) is 67.1 Å². The van der Waals surface area contributed by atoms with Gasteiger partial charge in [0.05, 0.1) is 17.5 Å². The monoisotopic (exact) mass is 635 g/mol. The van der Waals surface area contributed by atoms with E-state index in [1.54, 1.807) is 0 Å². The lowest BCUT2D eigenvalue weighted by Gasteiger charge is -2.61. The Labute approximate surface area is 278 Å². The van der Waals surface area contributed by atoms with Gasteiger partial charge in [0, 0.05) is 23.7 Å². The maximum absolute atomic E-state index is 13.4. The van der Waals surface area contributed by atoms with Crippen molar-refractivity contribution in [3.63, 3.8) is 0 Å². The highest BCUT2D eigenvalue weighted by Gasteiger charge is 2.68. The van der Waals surface area contributed by atoms with Crippen molar-refractivity contribution in [2.45, 2.75) is 92.8 Å². The summed E-state index contributed by atoms with van der Waals surface area (Å²) in [6, 6.07) is 15.5. The fraction of sp³-hybridized carbons (Fsp3) is 0.525. The van der Waals surface area contributed by atoms with Crippen molar-refractivity contribution >= 4 is 23.6 Å². The average Bonchev–Trinajstić information content (AvgIpc) is 3.54. The minimum absolute atomic E-state index is 0.145. The molecular weight excluding hydrogens is 586 g/mol. The van der Waals surface area contributed by atoms with Gasteiger partial charge in [0.15, 0.2) is 0 Å². The Morgan fingerprint density at radius 2 is 1.81 bits per heavy atom. The maximum atomic E-state index is 13.4. The van der Waals surface area contributed by atoms with Gasteiger partial charge in [-0.1, -0.05) is 70.0 Å². The third kappa shape index (κ3) is 4.99. The molecule has 2 N–H and O–H groups in total. The number of carbonyl (C=O) groups is 2. The molecule has 4 aliphatic carbocycles. The first-order chi connectivity index (χ1) is 22.4. The Bertz CT molecular complexity index is 1720. The molecule has 3 saturated carbocycles. The summed E-state index contributed by atoms with van der Waals surface area (Å²) in [5.41, 5.74) is 6.57. The molecule has 0 bridgehead atoms. The first kappa shape index (κ1) is 31.9. The van der Waals surface area contributed by atoms with Crippen molar-refractivity contribution in [2.75, 3.05) is 5.32 Å². The minimum atomic E-state index is -0.493. The van der Waals surface area contributed by atoms with Gasteiger partial charge in [-0.25, -0.2) is 9.48 Å². The van der Waals surface area contributed by atoms with Gasteiger partial charge in [-0.2, -0.15) is 5.10 Å². The lowest BCUT2D eigenvalue weighted by atomic mass is 9.44. The highest BCUT2D eigenvalue weighted by molar-refractivity contribution is 5.86. The van der Waals surface area contributed by atoms with Crippen molar-refractivity contribution < 1.29 is 19.4 Å². The normalized spacial score (nSPS) is 33.9. The molecule has 3 fully saturated rings. The van der Waals surface area contributed by atoms with Crippen molar-refractivity contribution in [3.8, 4) is 5.69 Å². The number of Topliss-reactive ketones (excluding diaryl/α,β-unsaturated/α-hetero) is 1. The van der Waals surface area contributed by atoms with Crippen LogP contribution in [0.5, 0.6) is 0 Å². The maximum Gasteiger partial charge on any atom is 0.411 e. The molecule has 1 heterocycles. The second-order valence-corrected chi connectivity index (χ2v) is 15.6. The molecule has 7 heteroatoms. The van der Waals surface area contributed by atoms with Crippen molar-refractivity contribution in [1.82, 2.24) is 9.78 Å². The number of aliphatic hydroxyl groups is 1. The summed E-state index contributed by atoms with van der Waals surface area (Å²) >= 11 is 0. The molecular formula is C40H49N3O4. The van der Waals surface area contributed by atoms with Crippen LogP contribution in [0.2, 0.25) is 0 Å². The molecule has 47 heavy (non-hydrogen) atoms. The van der Waals surface area contributed by atoms with Crippen LogP contribution in [-0.2, 0) is 22.6 Å². The minimum Gasteiger partial charge on any atom is -0.444 e. The summed E-state index contributed by atoms with van der Waals surface area (Å²) in [6.45, 7) is 13.4. The van der Waals surface area contributed by atoms with Crippen LogP contribution in [0.15, 0.2) is 60.3 Å². The van der Waals surface area contributed by atoms with Gasteiger partial charge >= 0.3 is 6.09 Å². The first-order valence-corrected chi connectivity index (χ1v) is 17.5. The van der Waals surface area contributed by atoms with Crippen LogP contribution in [-0.4, -0.2) is 32.9 Å². The van der Waals surface area contributed by atoms with Crippen LogP contribution in [0.25, 0.3) is 11.8 Å². The number of hydrogen-bond donors (Lipinski definition) is 2. The van der Waals surface area contributed by atoms with Crippen molar-refractivity contribution in [3.05, 3.63) is 82.7 Å². The Kier molecular flexibility index (Phi) is 7.78. The van der Waals surface area contributed by atoms with Gasteiger partial charge in [-0.05, 0) is 115 Å². The van der Waals surface area contributed by atoms with E-state index < -0.39 is 12.2 Å². The second kappa shape index (κ2) is 11.5. The number of benzene rings is 2. The van der Waals surface area contributed by atoms with Crippen LogP contribution in [0.3, 0.4) is 0 Å². The second-order valence-electron chi connectivity index (χ2n) is 15.6. The van der Waals surface area contributed by atoms with E-state index >= 15 is 0 Å². The molecule has 0 radical (unpaired) electrons. The number of aromatic nitrogens is 2. The van der Waals surface area contributed by atoms with Crippen molar-refractivity contribution in [1.29, 1.82) is 0 Å². The number of ether oxygens (including phenoxy) is 1. The summed E-state index contributed by atoms with van der Waals surface area (Å²) in [7, 11) is 0. The van der Waals surface area contributed by atoms with E-state index in [1.165, 1.54) is 11.1 Å². The van der Waals surface area contributed by atoms with Gasteiger partial charge in [-0.15, -0.1) is 0 Å². The Morgan fingerprint density at radius 1 is 1.09 bits per heavy atom. The number of nitrogens with zero attached hydrogens (tertiary/aromatic N) is 2. The number of fused-ring (bicyclic) bond motifs is 6. The molecule has 3 aromatic rings. The van der Waals surface area contributed by atoms with E-state index in [-0.39, 0.29) is 28.8 Å². The predicted octanol–water partition coefficient (Wildman–Crippen LogP) is 8.31. The molecule has 0 unspecified atom stereocenters. The number of rotatable bonds is 6. The number of anilines is 1. The summed E-state index contributed by atoms with van der Waals surface area (Å²) < 4.78 is 7.32. The van der Waals surface area contributed by atoms with Crippen LogP contribution in [0, 0.1) is 46.8 Å². The summed E-state index contributed by atoms with van der Waals surface area (Å²) in [5.74, 6) is 1.70. The lowest BCUT2D eigenvalue weighted by Crippen LogP contribution is -2.59. The fourth-order valence-corrected chi connectivity index (χ4v) is 10.5. The summed E-state index contributed by atoms with van der Waals surface area (Å²) in [6.07, 6.45) is 8.73. The third-order valence-electron chi connectivity index (χ3n) is 13.3. The van der Waals surface area contributed by atoms with E-state index in [2.05, 4.69) is 45.3 Å². The fourth-order valence-electron chi connectivity index (χ4n) is 10.5. The van der Waals surface area contributed by atoms with Crippen LogP contribution in [0.4, 0.5) is 10.5 Å². The van der Waals surface area contributed by atoms with Gasteiger partial charge in [0.2, 0.25) is 0 Å². The number of carbonyl (C=O) groups excluding carboxylic acids is 2. The van der Waals surface area contributed by atoms with Gasteiger partial charge in [0.1, 0.15) is 12.4 Å². The summed E-state index contributed by atoms with van der Waals surface area (Å²) in [4.78, 5) is 25.8. The van der Waals surface area contributed by atoms with E-state index in [9.17, 15) is 14.7 Å². The molecule has 0 saturated heterocycles. The first-order valence-electron chi connectivity index (χ1n) is 17.5. The third-order valence-corrected chi connectivity index (χ3v) is 13.3. The molecule has 2 aromatic carbocycles. The van der Waals surface area contributed by atoms with E-state index in [0.717, 1.165) is 48.2 Å². The summed E-state index contributed by atoms with van der Waals surface area (Å²) in [5, 5.41) is 19.8. The molecule has 1 aromatic heterocycles. The molecule has 0 aliphatic heterocycles. The van der Waals surface area contributed by atoms with Gasteiger partial charge in [0.25, 0.3) is 0 Å². The quantitative estimate of drug-likeness (QED) is 0.284. The number of allylic oxidation sites excluding steroid dienone is 1. The van der Waals surface area contributed by atoms with Crippen LogP contribution in [0.1, 0.15) is 89.1 Å².